The van der Waals surface area contributed by atoms with Gasteiger partial charge in [-0.05, 0) is 25.5 Å². The van der Waals surface area contributed by atoms with E-state index in [1.54, 1.807) is 17.4 Å². The second kappa shape index (κ2) is 6.49. The molecular weight excluding hydrogens is 272 g/mol. The van der Waals surface area contributed by atoms with Crippen molar-refractivity contribution < 1.29 is 4.79 Å². The highest BCUT2D eigenvalue weighted by Gasteiger charge is 2.11. The third kappa shape index (κ3) is 3.34. The van der Waals surface area contributed by atoms with Gasteiger partial charge in [0.05, 0.1) is 17.8 Å². The number of anilines is 1. The van der Waals surface area contributed by atoms with Crippen LogP contribution >= 0.6 is 11.3 Å². The lowest BCUT2D eigenvalue weighted by atomic mass is 10.1. The molecule has 0 radical (unpaired) electrons. The number of rotatable bonds is 5. The minimum atomic E-state index is -0.158. The van der Waals surface area contributed by atoms with Crippen LogP contribution in [-0.2, 0) is 13.0 Å². The molecule has 1 amide bonds. The Kier molecular flexibility index (Phi) is 4.70. The predicted molar refractivity (Wildman–Crippen MR) is 81.7 cm³/mol. The molecule has 0 saturated carbocycles. The number of nitrogens with one attached hydrogen (secondary N) is 2. The van der Waals surface area contributed by atoms with Crippen molar-refractivity contribution in [3.63, 3.8) is 0 Å². The summed E-state index contributed by atoms with van der Waals surface area (Å²) in [4.78, 5) is 17.7. The Morgan fingerprint density at radius 1 is 1.45 bits per heavy atom. The molecule has 0 unspecified atom stereocenters. The van der Waals surface area contributed by atoms with Gasteiger partial charge in [0.2, 0.25) is 0 Å². The van der Waals surface area contributed by atoms with E-state index in [4.69, 9.17) is 5.84 Å². The van der Waals surface area contributed by atoms with Gasteiger partial charge in [0, 0.05) is 11.1 Å². The molecule has 0 aliphatic heterocycles. The van der Waals surface area contributed by atoms with Gasteiger partial charge in [0.15, 0.2) is 0 Å². The van der Waals surface area contributed by atoms with E-state index in [9.17, 15) is 4.79 Å². The van der Waals surface area contributed by atoms with E-state index in [-0.39, 0.29) is 5.91 Å². The molecule has 0 saturated heterocycles. The normalized spacial score (nSPS) is 10.3. The summed E-state index contributed by atoms with van der Waals surface area (Å²) in [5.41, 5.74) is 4.71. The van der Waals surface area contributed by atoms with E-state index >= 15 is 0 Å². The third-order valence-electron chi connectivity index (χ3n) is 2.93. The Labute approximate surface area is 122 Å². The molecule has 0 atom stereocenters. The predicted octanol–water partition coefficient (Wildman–Crippen LogP) is 2.23. The molecule has 0 bridgehead atoms. The van der Waals surface area contributed by atoms with Crippen LogP contribution in [0.3, 0.4) is 0 Å². The number of hydrazine groups is 1. The molecule has 0 fully saturated rings. The molecule has 0 spiro atoms. The number of aromatic nitrogens is 1. The van der Waals surface area contributed by atoms with Crippen LogP contribution in [0, 0.1) is 6.92 Å². The fourth-order valence-corrected chi connectivity index (χ4v) is 2.62. The summed E-state index contributed by atoms with van der Waals surface area (Å²) in [6, 6.07) is 5.51. The average Bonchev–Trinajstić information content (AvgIpc) is 2.92. The van der Waals surface area contributed by atoms with Crippen LogP contribution in [0.5, 0.6) is 0 Å². The molecule has 0 aliphatic carbocycles. The highest BCUT2D eigenvalue weighted by atomic mass is 32.1. The van der Waals surface area contributed by atoms with Crippen LogP contribution in [0.2, 0.25) is 0 Å². The SMILES string of the molecule is CCc1cnc(CNC(=O)c2cc(C)ccc2NN)s1. The largest absolute Gasteiger partial charge is 0.345 e. The van der Waals surface area contributed by atoms with E-state index in [0.29, 0.717) is 17.8 Å². The fraction of sp³-hybridized carbons (Fsp3) is 0.286. The lowest BCUT2D eigenvalue weighted by molar-refractivity contribution is 0.0951. The Hall–Kier alpha value is -1.92. The maximum Gasteiger partial charge on any atom is 0.253 e. The molecule has 106 valence electrons. The number of thiazole rings is 1. The second-order valence-corrected chi connectivity index (χ2v) is 5.65. The van der Waals surface area contributed by atoms with Crippen LogP contribution < -0.4 is 16.6 Å². The molecule has 1 aromatic heterocycles. The van der Waals surface area contributed by atoms with Crippen molar-refractivity contribution in [2.75, 3.05) is 5.43 Å². The highest BCUT2D eigenvalue weighted by molar-refractivity contribution is 7.11. The van der Waals surface area contributed by atoms with Crippen LogP contribution in [0.25, 0.3) is 0 Å². The Balaban J connectivity index is 2.06. The smallest absolute Gasteiger partial charge is 0.253 e. The van der Waals surface area contributed by atoms with Gasteiger partial charge in [0.25, 0.3) is 5.91 Å². The van der Waals surface area contributed by atoms with Crippen molar-refractivity contribution in [3.8, 4) is 0 Å². The van der Waals surface area contributed by atoms with Crippen LogP contribution in [0.4, 0.5) is 5.69 Å². The van der Waals surface area contributed by atoms with Crippen LogP contribution in [0.1, 0.15) is 32.7 Å². The van der Waals surface area contributed by atoms with Crippen molar-refractivity contribution in [1.82, 2.24) is 10.3 Å². The number of amides is 1. The van der Waals surface area contributed by atoms with Gasteiger partial charge in [-0.25, -0.2) is 4.98 Å². The molecule has 0 aliphatic rings. The average molecular weight is 290 g/mol. The van der Waals surface area contributed by atoms with Crippen molar-refractivity contribution in [2.24, 2.45) is 5.84 Å². The first-order valence-corrected chi connectivity index (χ1v) is 7.24. The Morgan fingerprint density at radius 2 is 2.25 bits per heavy atom. The molecule has 5 nitrogen and oxygen atoms in total. The first-order chi connectivity index (χ1) is 9.63. The first-order valence-electron chi connectivity index (χ1n) is 6.43. The van der Waals surface area contributed by atoms with Gasteiger partial charge in [-0.15, -0.1) is 11.3 Å². The molecule has 1 aromatic carbocycles. The third-order valence-corrected chi connectivity index (χ3v) is 4.07. The summed E-state index contributed by atoms with van der Waals surface area (Å²) in [6.45, 7) is 4.45. The summed E-state index contributed by atoms with van der Waals surface area (Å²) in [5, 5.41) is 3.78. The summed E-state index contributed by atoms with van der Waals surface area (Å²) in [5.74, 6) is 5.27. The number of nitrogens with two attached hydrogens (primary N) is 1. The number of hydrogen-bond donors (Lipinski definition) is 3. The molecule has 6 heteroatoms. The Morgan fingerprint density at radius 3 is 2.90 bits per heavy atom. The number of hydrogen-bond acceptors (Lipinski definition) is 5. The zero-order valence-electron chi connectivity index (χ0n) is 11.6. The van der Waals surface area contributed by atoms with E-state index < -0.39 is 0 Å². The highest BCUT2D eigenvalue weighted by Crippen LogP contribution is 2.17. The van der Waals surface area contributed by atoms with Crippen molar-refractivity contribution in [3.05, 3.63) is 45.4 Å². The lowest BCUT2D eigenvalue weighted by Crippen LogP contribution is -2.24. The maximum atomic E-state index is 12.2. The minimum absolute atomic E-state index is 0.158. The maximum absolute atomic E-state index is 12.2. The second-order valence-electron chi connectivity index (χ2n) is 4.45. The van der Waals surface area contributed by atoms with Crippen LogP contribution in [-0.4, -0.2) is 10.9 Å². The minimum Gasteiger partial charge on any atom is -0.345 e. The molecule has 2 rings (SSSR count). The number of carbonyl (C=O) groups excluding carboxylic acids is 1. The zero-order valence-corrected chi connectivity index (χ0v) is 12.4. The Bertz CT molecular complexity index is 609. The quantitative estimate of drug-likeness (QED) is 0.583. The number of aryl methyl sites for hydroxylation is 2. The standard InChI is InChI=1S/C14H18N4OS/c1-3-10-7-16-13(20-10)8-17-14(19)11-6-9(2)4-5-12(11)18-15/h4-7,18H,3,8,15H2,1-2H3,(H,17,19). The zero-order chi connectivity index (χ0) is 14.5. The van der Waals surface area contributed by atoms with E-state index in [2.05, 4.69) is 22.7 Å². The van der Waals surface area contributed by atoms with Gasteiger partial charge in [-0.3, -0.25) is 10.6 Å². The van der Waals surface area contributed by atoms with Crippen molar-refractivity contribution in [1.29, 1.82) is 0 Å². The van der Waals surface area contributed by atoms with Gasteiger partial charge < -0.3 is 10.7 Å². The number of nitrogens with zero attached hydrogens (tertiary/aromatic N) is 1. The molecule has 2 aromatic rings. The molecule has 1 heterocycles. The lowest BCUT2D eigenvalue weighted by Gasteiger charge is -2.09. The van der Waals surface area contributed by atoms with Gasteiger partial charge in [0.1, 0.15) is 5.01 Å². The van der Waals surface area contributed by atoms with Gasteiger partial charge in [-0.2, -0.15) is 0 Å². The van der Waals surface area contributed by atoms with Gasteiger partial charge >= 0.3 is 0 Å². The van der Waals surface area contributed by atoms with E-state index in [1.807, 2.05) is 25.3 Å². The molecule has 4 N–H and O–H groups in total. The topological polar surface area (TPSA) is 80.0 Å². The summed E-state index contributed by atoms with van der Waals surface area (Å²) >= 11 is 1.62. The van der Waals surface area contributed by atoms with Gasteiger partial charge in [-0.1, -0.05) is 18.6 Å². The number of carbonyl (C=O) groups is 1. The molecular formula is C14H18N4OS. The summed E-state index contributed by atoms with van der Waals surface area (Å²) < 4.78 is 0. The monoisotopic (exact) mass is 290 g/mol. The van der Waals surface area contributed by atoms with E-state index in [1.165, 1.54) is 4.88 Å². The summed E-state index contributed by atoms with van der Waals surface area (Å²) in [6.07, 6.45) is 2.82. The van der Waals surface area contributed by atoms with Crippen molar-refractivity contribution >= 4 is 22.9 Å². The first kappa shape index (κ1) is 14.5. The van der Waals surface area contributed by atoms with Crippen molar-refractivity contribution in [2.45, 2.75) is 26.8 Å². The number of benzene rings is 1. The summed E-state index contributed by atoms with van der Waals surface area (Å²) in [7, 11) is 0. The van der Waals surface area contributed by atoms with E-state index in [0.717, 1.165) is 17.0 Å². The van der Waals surface area contributed by atoms with Crippen LogP contribution in [0.15, 0.2) is 24.4 Å². The number of nitrogen functional groups attached to an aromatic ring is 1. The fourth-order valence-electron chi connectivity index (χ4n) is 1.82. The molecule has 20 heavy (non-hydrogen) atoms.